The lowest BCUT2D eigenvalue weighted by Gasteiger charge is -2.26. The Balaban J connectivity index is 1.98. The smallest absolute Gasteiger partial charge is 0.255 e. The van der Waals surface area contributed by atoms with Crippen LogP contribution >= 0.6 is 15.9 Å². The summed E-state index contributed by atoms with van der Waals surface area (Å²) in [5.74, 6) is -0.0646. The quantitative estimate of drug-likeness (QED) is 0.737. The van der Waals surface area contributed by atoms with Gasteiger partial charge >= 0.3 is 0 Å². The van der Waals surface area contributed by atoms with E-state index in [0.29, 0.717) is 10.9 Å². The molecule has 1 N–H and O–H groups in total. The summed E-state index contributed by atoms with van der Waals surface area (Å²) in [5, 5.41) is 1.50. The molecule has 1 aromatic heterocycles. The molecule has 5 heteroatoms. The highest BCUT2D eigenvalue weighted by molar-refractivity contribution is 9.10. The first-order valence-electron chi connectivity index (χ1n) is 7.62. The molecule has 1 atom stereocenters. The molecule has 0 aliphatic heterocycles. The molecule has 0 saturated carbocycles. The molecule has 24 heavy (non-hydrogen) atoms. The van der Waals surface area contributed by atoms with Crippen molar-refractivity contribution < 1.29 is 4.79 Å². The van der Waals surface area contributed by atoms with Crippen LogP contribution in [0.1, 0.15) is 28.9 Å². The van der Waals surface area contributed by atoms with E-state index in [1.54, 1.807) is 36.3 Å². The average molecular weight is 385 g/mol. The summed E-state index contributed by atoms with van der Waals surface area (Å²) in [6.07, 6.45) is 1.70. The molecule has 3 rings (SSSR count). The Morgan fingerprint density at radius 2 is 1.71 bits per heavy atom. The van der Waals surface area contributed by atoms with E-state index in [1.165, 1.54) is 0 Å². The van der Waals surface area contributed by atoms with Gasteiger partial charge in [-0.25, -0.2) is 0 Å². The second-order valence-electron chi connectivity index (χ2n) is 5.72. The number of benzene rings is 2. The van der Waals surface area contributed by atoms with E-state index in [0.717, 1.165) is 15.4 Å². The van der Waals surface area contributed by atoms with Crippen LogP contribution in [0.4, 0.5) is 0 Å². The minimum atomic E-state index is -0.178. The van der Waals surface area contributed by atoms with Crippen LogP contribution in [0.2, 0.25) is 0 Å². The van der Waals surface area contributed by atoms with Crippen molar-refractivity contribution in [1.82, 2.24) is 9.88 Å². The zero-order chi connectivity index (χ0) is 17.3. The summed E-state index contributed by atoms with van der Waals surface area (Å²) in [5.41, 5.74) is 1.42. The molecule has 1 heterocycles. The van der Waals surface area contributed by atoms with Gasteiger partial charge in [-0.1, -0.05) is 34.1 Å². The predicted molar refractivity (Wildman–Crippen MR) is 99.2 cm³/mol. The first kappa shape index (κ1) is 16.5. The number of fused-ring (bicyclic) bond motifs is 1. The fourth-order valence-corrected chi connectivity index (χ4v) is 3.02. The maximum Gasteiger partial charge on any atom is 0.255 e. The van der Waals surface area contributed by atoms with Crippen LogP contribution < -0.4 is 5.56 Å². The van der Waals surface area contributed by atoms with Crippen LogP contribution in [0, 0.1) is 0 Å². The summed E-state index contributed by atoms with van der Waals surface area (Å²) in [7, 11) is 1.77. The lowest BCUT2D eigenvalue weighted by atomic mass is 10.0. The van der Waals surface area contributed by atoms with Gasteiger partial charge in [0.25, 0.3) is 11.5 Å². The van der Waals surface area contributed by atoms with Crippen LogP contribution in [-0.2, 0) is 0 Å². The van der Waals surface area contributed by atoms with E-state index in [9.17, 15) is 9.59 Å². The summed E-state index contributed by atoms with van der Waals surface area (Å²) >= 11 is 3.37. The zero-order valence-corrected chi connectivity index (χ0v) is 15.0. The van der Waals surface area contributed by atoms with Crippen LogP contribution in [0.5, 0.6) is 0 Å². The van der Waals surface area contributed by atoms with Gasteiger partial charge in [0.1, 0.15) is 0 Å². The molecule has 2 aromatic carbocycles. The second kappa shape index (κ2) is 6.61. The summed E-state index contributed by atoms with van der Waals surface area (Å²) < 4.78 is 0.932. The van der Waals surface area contributed by atoms with E-state index in [2.05, 4.69) is 20.9 Å². The van der Waals surface area contributed by atoms with E-state index < -0.39 is 0 Å². The molecule has 1 amide bonds. The number of hydrogen-bond acceptors (Lipinski definition) is 2. The Morgan fingerprint density at radius 1 is 1.08 bits per heavy atom. The minimum Gasteiger partial charge on any atom is -0.335 e. The van der Waals surface area contributed by atoms with Crippen molar-refractivity contribution >= 4 is 32.6 Å². The monoisotopic (exact) mass is 384 g/mol. The van der Waals surface area contributed by atoms with Crippen molar-refractivity contribution in [2.45, 2.75) is 13.0 Å². The summed E-state index contributed by atoms with van der Waals surface area (Å²) in [6, 6.07) is 14.5. The topological polar surface area (TPSA) is 53.2 Å². The maximum absolute atomic E-state index is 12.7. The van der Waals surface area contributed by atoms with Crippen LogP contribution in [0.25, 0.3) is 10.8 Å². The first-order chi connectivity index (χ1) is 11.5. The molecule has 0 saturated heterocycles. The number of halogens is 1. The van der Waals surface area contributed by atoms with Gasteiger partial charge < -0.3 is 9.88 Å². The normalized spacial score (nSPS) is 12.1. The SMILES string of the molecule is C[C@@H](c1c[nH]c(=O)c2ccccc12)N(C)C(=O)c1ccc(Br)cc1. The molecular weight excluding hydrogens is 368 g/mol. The third-order valence-corrected chi connectivity index (χ3v) is 4.81. The molecule has 0 aliphatic carbocycles. The fraction of sp³-hybridized carbons (Fsp3) is 0.158. The molecule has 0 aliphatic rings. The number of H-pyrrole nitrogens is 1. The summed E-state index contributed by atoms with van der Waals surface area (Å²) in [4.78, 5) is 29.1. The van der Waals surface area contributed by atoms with E-state index in [4.69, 9.17) is 0 Å². The molecule has 3 aromatic rings. The highest BCUT2D eigenvalue weighted by Crippen LogP contribution is 2.26. The van der Waals surface area contributed by atoms with Gasteiger partial charge in [-0.3, -0.25) is 9.59 Å². The van der Waals surface area contributed by atoms with Gasteiger partial charge in [0.05, 0.1) is 6.04 Å². The van der Waals surface area contributed by atoms with Gasteiger partial charge in [-0.05, 0) is 48.2 Å². The molecular formula is C19H17BrN2O2. The van der Waals surface area contributed by atoms with Gasteiger partial charge in [-0.15, -0.1) is 0 Å². The maximum atomic E-state index is 12.7. The van der Waals surface area contributed by atoms with Gasteiger partial charge in [-0.2, -0.15) is 0 Å². The zero-order valence-electron chi connectivity index (χ0n) is 13.4. The van der Waals surface area contributed by atoms with Crippen molar-refractivity contribution in [3.8, 4) is 0 Å². The number of aromatic nitrogens is 1. The molecule has 0 spiro atoms. The van der Waals surface area contributed by atoms with E-state index in [-0.39, 0.29) is 17.5 Å². The number of carbonyl (C=O) groups excluding carboxylic acids is 1. The number of carbonyl (C=O) groups is 1. The third-order valence-electron chi connectivity index (χ3n) is 4.28. The number of hydrogen-bond donors (Lipinski definition) is 1. The Morgan fingerprint density at radius 3 is 2.38 bits per heavy atom. The van der Waals surface area contributed by atoms with Gasteiger partial charge in [0.2, 0.25) is 0 Å². The number of nitrogens with one attached hydrogen (secondary N) is 1. The minimum absolute atomic E-state index is 0.0646. The van der Waals surface area contributed by atoms with Gasteiger partial charge in [0.15, 0.2) is 0 Å². The Labute approximate surface area is 148 Å². The van der Waals surface area contributed by atoms with Crippen molar-refractivity contribution in [3.63, 3.8) is 0 Å². The summed E-state index contributed by atoms with van der Waals surface area (Å²) in [6.45, 7) is 1.96. The second-order valence-corrected chi connectivity index (χ2v) is 6.63. The van der Waals surface area contributed by atoms with Crippen LogP contribution in [0.3, 0.4) is 0 Å². The molecule has 122 valence electrons. The van der Waals surface area contributed by atoms with E-state index >= 15 is 0 Å². The molecule has 0 bridgehead atoms. The Bertz CT molecular complexity index is 947. The Kier molecular flexibility index (Phi) is 4.53. The number of amides is 1. The fourth-order valence-electron chi connectivity index (χ4n) is 2.76. The van der Waals surface area contributed by atoms with Crippen molar-refractivity contribution in [2.75, 3.05) is 7.05 Å². The average Bonchev–Trinajstić information content (AvgIpc) is 2.61. The van der Waals surface area contributed by atoms with Crippen LogP contribution in [0.15, 0.2) is 64.0 Å². The van der Waals surface area contributed by atoms with Crippen LogP contribution in [-0.4, -0.2) is 22.8 Å². The van der Waals surface area contributed by atoms with Gasteiger partial charge in [0, 0.05) is 28.7 Å². The van der Waals surface area contributed by atoms with Crippen molar-refractivity contribution in [2.24, 2.45) is 0 Å². The molecule has 0 radical (unpaired) electrons. The first-order valence-corrected chi connectivity index (χ1v) is 8.41. The predicted octanol–water partition coefficient (Wildman–Crippen LogP) is 4.12. The lowest BCUT2D eigenvalue weighted by molar-refractivity contribution is 0.0743. The van der Waals surface area contributed by atoms with E-state index in [1.807, 2.05) is 37.3 Å². The number of aromatic amines is 1. The third kappa shape index (κ3) is 2.99. The molecule has 4 nitrogen and oxygen atoms in total. The molecule has 0 fully saturated rings. The number of rotatable bonds is 3. The van der Waals surface area contributed by atoms with Crippen molar-refractivity contribution in [3.05, 3.63) is 80.7 Å². The number of pyridine rings is 1. The highest BCUT2D eigenvalue weighted by atomic mass is 79.9. The van der Waals surface area contributed by atoms with Crippen molar-refractivity contribution in [1.29, 1.82) is 0 Å². The Hall–Kier alpha value is -2.40. The standard InChI is InChI=1S/C19H17BrN2O2/c1-12(22(2)19(24)13-7-9-14(20)10-8-13)17-11-21-18(23)16-6-4-3-5-15(16)17/h3-12H,1-2H3,(H,21,23)/t12-/m0/s1. The largest absolute Gasteiger partial charge is 0.335 e. The lowest BCUT2D eigenvalue weighted by Crippen LogP contribution is -2.30. The number of nitrogens with zero attached hydrogens (tertiary/aromatic N) is 1. The highest BCUT2D eigenvalue weighted by Gasteiger charge is 2.21. The molecule has 0 unspecified atom stereocenters.